The molecule has 0 saturated heterocycles. The Labute approximate surface area is 312 Å². The molecule has 0 fully saturated rings. The molecule has 0 radical (unpaired) electrons. The second-order valence-electron chi connectivity index (χ2n) is 12.6. The van der Waals surface area contributed by atoms with Gasteiger partial charge in [0.15, 0.2) is 0 Å². The summed E-state index contributed by atoms with van der Waals surface area (Å²) in [4.78, 5) is 34.0. The number of rotatable bonds is 26. The summed E-state index contributed by atoms with van der Waals surface area (Å²) in [6.07, 6.45) is 20.6. The maximum atomic E-state index is 15.4. The second-order valence-corrected chi connectivity index (χ2v) is 12.6. The zero-order chi connectivity index (χ0) is 34.4. The number of nitrogens with zero attached hydrogens (tertiary/aromatic N) is 6. The summed E-state index contributed by atoms with van der Waals surface area (Å²) in [5.74, 6) is -2.80. The van der Waals surface area contributed by atoms with Gasteiger partial charge in [0, 0.05) is 31.2 Å². The molecule has 3 rings (SSSR count). The zero-order valence-electron chi connectivity index (χ0n) is 28.8. The van der Waals surface area contributed by atoms with Crippen LogP contribution in [0.25, 0.3) is 0 Å². The van der Waals surface area contributed by atoms with E-state index in [4.69, 9.17) is 9.47 Å². The standard InChI is InChI=1S/C36H54F2N6O4.Na.H/c1-3-5-7-9-11-13-15-17-35(45)47-24-30(48-36(46)18-16-14-12-10-8-6-4-2)22-34(44-28-40-26-42-44)32(23-43-27-39-25-41-43)31-20-19-29(37)21-33(31)38;;/h19-21,25-28,30,32,34H,3-18,22-24H2,1-2H3;;. The molecule has 49 heavy (non-hydrogen) atoms. The van der Waals surface area contributed by atoms with Gasteiger partial charge in [-0.15, -0.1) is 0 Å². The molecule has 2 aromatic heterocycles. The van der Waals surface area contributed by atoms with Crippen molar-refractivity contribution < 1.29 is 27.8 Å². The van der Waals surface area contributed by atoms with E-state index in [1.807, 2.05) is 0 Å². The molecule has 0 bridgehead atoms. The average molecular weight is 697 g/mol. The monoisotopic (exact) mass is 696 g/mol. The third-order valence-electron chi connectivity index (χ3n) is 8.65. The number of hydrogen-bond donors (Lipinski definition) is 0. The van der Waals surface area contributed by atoms with E-state index in [0.717, 1.165) is 51.0 Å². The predicted molar refractivity (Wildman–Crippen MR) is 186 cm³/mol. The van der Waals surface area contributed by atoms with E-state index in [2.05, 4.69) is 34.0 Å². The predicted octanol–water partition coefficient (Wildman–Crippen LogP) is 7.65. The SMILES string of the molecule is CCCCCCCCCC(=O)OCC(CC(C(Cn1cncn1)c1ccc(F)cc1F)n1cncn1)OC(=O)CCCCCCCCC.[NaH]. The van der Waals surface area contributed by atoms with E-state index in [1.165, 1.54) is 76.0 Å². The van der Waals surface area contributed by atoms with Crippen molar-refractivity contribution in [2.45, 2.75) is 148 Å². The van der Waals surface area contributed by atoms with Crippen molar-refractivity contribution in [3.8, 4) is 0 Å². The quantitative estimate of drug-likeness (QED) is 0.0478. The minimum atomic E-state index is -0.837. The summed E-state index contributed by atoms with van der Waals surface area (Å²) < 4.78 is 44.1. The van der Waals surface area contributed by atoms with Gasteiger partial charge >= 0.3 is 41.5 Å². The molecule has 3 unspecified atom stereocenters. The summed E-state index contributed by atoms with van der Waals surface area (Å²) in [6, 6.07) is 2.82. The van der Waals surface area contributed by atoms with E-state index in [-0.39, 0.29) is 79.5 Å². The Balaban J connectivity index is 0.00000833. The number of aromatic nitrogens is 6. The Bertz CT molecular complexity index is 1300. The molecule has 3 atom stereocenters. The second kappa shape index (κ2) is 25.3. The van der Waals surface area contributed by atoms with Crippen molar-refractivity contribution in [2.75, 3.05) is 6.61 Å². The molecule has 0 saturated carbocycles. The van der Waals surface area contributed by atoms with Gasteiger partial charge in [-0.3, -0.25) is 14.3 Å². The molecule has 1 aromatic carbocycles. The number of esters is 2. The number of carbonyl (C=O) groups is 2. The summed E-state index contributed by atoms with van der Waals surface area (Å²) in [6.45, 7) is 4.39. The van der Waals surface area contributed by atoms with Crippen molar-refractivity contribution in [2.24, 2.45) is 0 Å². The van der Waals surface area contributed by atoms with Crippen LogP contribution in [0.1, 0.15) is 141 Å². The Hall–Kier alpha value is -2.70. The fourth-order valence-corrected chi connectivity index (χ4v) is 5.98. The van der Waals surface area contributed by atoms with Crippen LogP contribution >= 0.6 is 0 Å². The van der Waals surface area contributed by atoms with Crippen molar-refractivity contribution in [1.29, 1.82) is 0 Å². The first-order chi connectivity index (χ1) is 23.4. The first-order valence-electron chi connectivity index (χ1n) is 17.9. The van der Waals surface area contributed by atoms with Gasteiger partial charge in [-0.25, -0.2) is 23.4 Å². The van der Waals surface area contributed by atoms with Crippen molar-refractivity contribution in [1.82, 2.24) is 29.5 Å². The van der Waals surface area contributed by atoms with Crippen LogP contribution in [0.2, 0.25) is 0 Å². The topological polar surface area (TPSA) is 114 Å². The number of carbonyl (C=O) groups excluding carboxylic acids is 2. The summed E-state index contributed by atoms with van der Waals surface area (Å²) in [5.41, 5.74) is 0.233. The van der Waals surface area contributed by atoms with Crippen LogP contribution < -0.4 is 0 Å². The van der Waals surface area contributed by atoms with Crippen LogP contribution in [-0.2, 0) is 25.6 Å². The minimum absolute atomic E-state index is 0. The first-order valence-corrected chi connectivity index (χ1v) is 17.9. The van der Waals surface area contributed by atoms with Crippen LogP contribution in [0, 0.1) is 11.6 Å². The van der Waals surface area contributed by atoms with Crippen molar-refractivity contribution in [3.05, 3.63) is 60.7 Å². The molecular formula is C36H55F2N6NaO4. The van der Waals surface area contributed by atoms with Crippen LogP contribution in [0.4, 0.5) is 8.78 Å². The molecule has 2 heterocycles. The first kappa shape index (κ1) is 42.5. The third-order valence-corrected chi connectivity index (χ3v) is 8.65. The van der Waals surface area contributed by atoms with Gasteiger partial charge in [0.25, 0.3) is 0 Å². The maximum absolute atomic E-state index is 15.4. The van der Waals surface area contributed by atoms with Gasteiger partial charge in [0.1, 0.15) is 49.7 Å². The van der Waals surface area contributed by atoms with Gasteiger partial charge in [-0.1, -0.05) is 97.0 Å². The molecule has 0 N–H and O–H groups in total. The van der Waals surface area contributed by atoms with Gasteiger partial charge < -0.3 is 9.47 Å². The number of hydrogen-bond acceptors (Lipinski definition) is 8. The van der Waals surface area contributed by atoms with E-state index in [0.29, 0.717) is 6.42 Å². The van der Waals surface area contributed by atoms with E-state index >= 15 is 4.39 Å². The van der Waals surface area contributed by atoms with E-state index in [1.54, 1.807) is 9.36 Å². The molecule has 0 amide bonds. The number of unbranched alkanes of at least 4 members (excludes halogenated alkanes) is 12. The van der Waals surface area contributed by atoms with Crippen LogP contribution in [0.3, 0.4) is 0 Å². The molecule has 0 aliphatic rings. The van der Waals surface area contributed by atoms with E-state index in [9.17, 15) is 14.0 Å². The molecular weight excluding hydrogens is 641 g/mol. The Morgan fingerprint density at radius 3 is 1.94 bits per heavy atom. The van der Waals surface area contributed by atoms with Crippen LogP contribution in [0.5, 0.6) is 0 Å². The van der Waals surface area contributed by atoms with Gasteiger partial charge in [0.05, 0.1) is 12.6 Å². The van der Waals surface area contributed by atoms with Gasteiger partial charge in [-0.2, -0.15) is 10.2 Å². The summed E-state index contributed by atoms with van der Waals surface area (Å²) >= 11 is 0. The summed E-state index contributed by atoms with van der Waals surface area (Å²) in [5, 5.41) is 8.56. The molecule has 13 heteroatoms. The molecule has 0 spiro atoms. The molecule has 10 nitrogen and oxygen atoms in total. The molecule has 0 aliphatic heterocycles. The van der Waals surface area contributed by atoms with Crippen molar-refractivity contribution in [3.63, 3.8) is 0 Å². The fraction of sp³-hybridized carbons (Fsp3) is 0.667. The molecule has 3 aromatic rings. The molecule has 268 valence electrons. The summed E-state index contributed by atoms with van der Waals surface area (Å²) in [7, 11) is 0. The van der Waals surface area contributed by atoms with Gasteiger partial charge in [0.2, 0.25) is 0 Å². The van der Waals surface area contributed by atoms with Gasteiger partial charge in [-0.05, 0) is 24.5 Å². The molecule has 0 aliphatic carbocycles. The van der Waals surface area contributed by atoms with Crippen LogP contribution in [0.15, 0.2) is 43.5 Å². The average Bonchev–Trinajstić information content (AvgIpc) is 3.80. The Morgan fingerprint density at radius 1 is 0.776 bits per heavy atom. The van der Waals surface area contributed by atoms with Crippen molar-refractivity contribution >= 4 is 41.5 Å². The third kappa shape index (κ3) is 16.7. The Kier molecular flexibility index (Phi) is 21.9. The normalized spacial score (nSPS) is 13.0. The number of benzene rings is 1. The Morgan fingerprint density at radius 2 is 1.37 bits per heavy atom. The van der Waals surface area contributed by atoms with Crippen LogP contribution in [-0.4, -0.2) is 83.7 Å². The fourth-order valence-electron chi connectivity index (χ4n) is 5.98. The van der Waals surface area contributed by atoms with E-state index < -0.39 is 29.7 Å². The number of halogens is 2. The number of ether oxygens (including phenoxy) is 2. The zero-order valence-corrected chi connectivity index (χ0v) is 28.8.